The molecule has 0 atom stereocenters. The highest BCUT2D eigenvalue weighted by Crippen LogP contribution is 2.34. The van der Waals surface area contributed by atoms with Crippen LogP contribution in [0.1, 0.15) is 38.2 Å². The van der Waals surface area contributed by atoms with Crippen LogP contribution in [0.3, 0.4) is 0 Å². The molecule has 0 aliphatic carbocycles. The molecule has 9 heteroatoms. The van der Waals surface area contributed by atoms with E-state index in [9.17, 15) is 4.79 Å². The van der Waals surface area contributed by atoms with Gasteiger partial charge in [0.25, 0.3) is 0 Å². The summed E-state index contributed by atoms with van der Waals surface area (Å²) in [7, 11) is 0. The van der Waals surface area contributed by atoms with Crippen LogP contribution >= 0.6 is 34.3 Å². The van der Waals surface area contributed by atoms with Gasteiger partial charge in [-0.15, -0.1) is 22.7 Å². The Labute approximate surface area is 194 Å². The Morgan fingerprint density at radius 2 is 1.71 bits per heavy atom. The molecule has 0 bridgehead atoms. The SMILES string of the molecule is CCOC(=O)c1c(N)sc(C)c1C.Cc1sc2nc(-c3ccncc3)nc(Cl)c2c1C. The maximum atomic E-state index is 11.4. The summed E-state index contributed by atoms with van der Waals surface area (Å²) in [5, 5.41) is 2.04. The van der Waals surface area contributed by atoms with Crippen molar-refractivity contribution in [1.82, 2.24) is 15.0 Å². The van der Waals surface area contributed by atoms with E-state index in [0.717, 1.165) is 26.2 Å². The molecule has 4 aromatic heterocycles. The summed E-state index contributed by atoms with van der Waals surface area (Å²) >= 11 is 9.35. The second-order valence-electron chi connectivity index (χ2n) is 6.78. The number of hydrogen-bond acceptors (Lipinski definition) is 8. The minimum absolute atomic E-state index is 0.318. The first kappa shape index (κ1) is 23.1. The first-order valence-corrected chi connectivity index (χ1v) is 11.6. The summed E-state index contributed by atoms with van der Waals surface area (Å²) in [6.07, 6.45) is 3.45. The predicted octanol–water partition coefficient (Wildman–Crippen LogP) is 6.15. The van der Waals surface area contributed by atoms with E-state index in [4.69, 9.17) is 22.1 Å². The normalized spacial score (nSPS) is 10.6. The van der Waals surface area contributed by atoms with Crippen LogP contribution in [0, 0.1) is 27.7 Å². The Hall–Kier alpha value is -2.55. The van der Waals surface area contributed by atoms with Gasteiger partial charge in [0.1, 0.15) is 15.0 Å². The van der Waals surface area contributed by atoms with Gasteiger partial charge in [0.15, 0.2) is 5.82 Å². The number of aromatic nitrogens is 3. The lowest BCUT2D eigenvalue weighted by Crippen LogP contribution is -2.07. The molecule has 0 aromatic carbocycles. The van der Waals surface area contributed by atoms with E-state index in [0.29, 0.717) is 28.1 Å². The molecule has 31 heavy (non-hydrogen) atoms. The molecule has 6 nitrogen and oxygen atoms in total. The first-order valence-electron chi connectivity index (χ1n) is 9.60. The number of rotatable bonds is 3. The molecule has 0 fully saturated rings. The fourth-order valence-electron chi connectivity index (χ4n) is 2.94. The Balaban J connectivity index is 0.000000187. The van der Waals surface area contributed by atoms with Crippen LogP contribution in [-0.4, -0.2) is 27.5 Å². The number of carbonyl (C=O) groups excluding carboxylic acids is 1. The lowest BCUT2D eigenvalue weighted by molar-refractivity contribution is 0.0527. The Kier molecular flexibility index (Phi) is 7.25. The summed E-state index contributed by atoms with van der Waals surface area (Å²) < 4.78 is 4.89. The summed E-state index contributed by atoms with van der Waals surface area (Å²) in [5.41, 5.74) is 9.25. The maximum absolute atomic E-state index is 11.4. The smallest absolute Gasteiger partial charge is 0.341 e. The average Bonchev–Trinajstić information content (AvgIpc) is 3.17. The molecular formula is C22H23ClN4O2S2. The van der Waals surface area contributed by atoms with Crippen LogP contribution in [0.2, 0.25) is 5.15 Å². The Morgan fingerprint density at radius 1 is 1.06 bits per heavy atom. The highest BCUT2D eigenvalue weighted by atomic mass is 35.5. The number of esters is 1. The van der Waals surface area contributed by atoms with E-state index in [1.807, 2.05) is 26.0 Å². The molecule has 0 aliphatic heterocycles. The van der Waals surface area contributed by atoms with Gasteiger partial charge < -0.3 is 10.5 Å². The van der Waals surface area contributed by atoms with Crippen molar-refractivity contribution in [2.24, 2.45) is 0 Å². The number of thiophene rings is 2. The van der Waals surface area contributed by atoms with Crippen molar-refractivity contribution in [1.29, 1.82) is 0 Å². The molecule has 0 spiro atoms. The van der Waals surface area contributed by atoms with Gasteiger partial charge in [0, 0.05) is 27.7 Å². The molecule has 4 rings (SSSR count). The number of pyridine rings is 1. The number of carbonyl (C=O) groups is 1. The van der Waals surface area contributed by atoms with E-state index in [-0.39, 0.29) is 5.97 Å². The minimum Gasteiger partial charge on any atom is -0.462 e. The zero-order valence-electron chi connectivity index (χ0n) is 17.9. The van der Waals surface area contributed by atoms with E-state index in [2.05, 4.69) is 28.8 Å². The summed E-state index contributed by atoms with van der Waals surface area (Å²) in [6.45, 7) is 10.1. The van der Waals surface area contributed by atoms with Crippen LogP contribution in [0.15, 0.2) is 24.5 Å². The van der Waals surface area contributed by atoms with Gasteiger partial charge in [-0.1, -0.05) is 11.6 Å². The fraction of sp³-hybridized carbons (Fsp3) is 0.273. The standard InChI is InChI=1S/C13H10ClN3S.C9H13NO2S/c1-7-8(2)18-13-10(7)11(14)16-12(17-13)9-3-5-15-6-4-9;1-4-12-9(11)7-5(2)6(3)13-8(7)10/h3-6H,1-2H3;4,10H2,1-3H3. The number of hydrogen-bond donors (Lipinski definition) is 1. The highest BCUT2D eigenvalue weighted by molar-refractivity contribution is 7.18. The van der Waals surface area contributed by atoms with Gasteiger partial charge in [0.05, 0.1) is 17.6 Å². The zero-order chi connectivity index (χ0) is 22.7. The molecule has 4 heterocycles. The van der Waals surface area contributed by atoms with Crippen LogP contribution < -0.4 is 5.73 Å². The van der Waals surface area contributed by atoms with Crippen LogP contribution in [0.5, 0.6) is 0 Å². The van der Waals surface area contributed by atoms with Crippen molar-refractivity contribution < 1.29 is 9.53 Å². The topological polar surface area (TPSA) is 91.0 Å². The van der Waals surface area contributed by atoms with Gasteiger partial charge in [-0.25, -0.2) is 14.8 Å². The van der Waals surface area contributed by atoms with E-state index >= 15 is 0 Å². The number of aryl methyl sites for hydroxylation is 3. The molecule has 2 N–H and O–H groups in total. The Morgan fingerprint density at radius 3 is 2.29 bits per heavy atom. The molecule has 0 amide bonds. The van der Waals surface area contributed by atoms with E-state index in [1.165, 1.54) is 21.8 Å². The third-order valence-electron chi connectivity index (χ3n) is 4.82. The second kappa shape index (κ2) is 9.72. The summed E-state index contributed by atoms with van der Waals surface area (Å²) in [5.74, 6) is 0.331. The number of ether oxygens (including phenoxy) is 1. The van der Waals surface area contributed by atoms with Crippen LogP contribution in [0.4, 0.5) is 5.00 Å². The van der Waals surface area contributed by atoms with Gasteiger partial charge in [-0.05, 0) is 57.9 Å². The minimum atomic E-state index is -0.318. The number of nitrogens with zero attached hydrogens (tertiary/aromatic N) is 3. The van der Waals surface area contributed by atoms with Gasteiger partial charge >= 0.3 is 5.97 Å². The van der Waals surface area contributed by atoms with Crippen molar-refractivity contribution in [2.45, 2.75) is 34.6 Å². The average molecular weight is 475 g/mol. The predicted molar refractivity (Wildman–Crippen MR) is 129 cm³/mol. The number of fused-ring (bicyclic) bond motifs is 1. The van der Waals surface area contributed by atoms with Gasteiger partial charge in [0.2, 0.25) is 0 Å². The fourth-order valence-corrected chi connectivity index (χ4v) is 5.26. The monoisotopic (exact) mass is 474 g/mol. The molecule has 162 valence electrons. The molecule has 0 saturated heterocycles. The summed E-state index contributed by atoms with van der Waals surface area (Å²) in [4.78, 5) is 27.6. The summed E-state index contributed by atoms with van der Waals surface area (Å²) in [6, 6.07) is 3.76. The van der Waals surface area contributed by atoms with Crippen molar-refractivity contribution in [2.75, 3.05) is 12.3 Å². The second-order valence-corrected chi connectivity index (χ2v) is 9.60. The number of halogens is 1. The highest BCUT2D eigenvalue weighted by Gasteiger charge is 2.18. The van der Waals surface area contributed by atoms with Crippen LogP contribution in [0.25, 0.3) is 21.6 Å². The third kappa shape index (κ3) is 4.87. The third-order valence-corrected chi connectivity index (χ3v) is 7.23. The number of nitrogens with two attached hydrogens (primary N) is 1. The van der Waals surface area contributed by atoms with Gasteiger partial charge in [-0.2, -0.15) is 0 Å². The molecule has 0 saturated carbocycles. The molecule has 0 aliphatic rings. The van der Waals surface area contributed by atoms with Crippen molar-refractivity contribution in [3.8, 4) is 11.4 Å². The van der Waals surface area contributed by atoms with E-state index in [1.54, 1.807) is 30.7 Å². The largest absolute Gasteiger partial charge is 0.462 e. The molecule has 0 radical (unpaired) electrons. The zero-order valence-corrected chi connectivity index (χ0v) is 20.3. The van der Waals surface area contributed by atoms with Crippen molar-refractivity contribution in [3.63, 3.8) is 0 Å². The molecule has 0 unspecified atom stereocenters. The maximum Gasteiger partial charge on any atom is 0.341 e. The Bertz CT molecular complexity index is 1240. The number of nitrogen functional groups attached to an aromatic ring is 1. The van der Waals surface area contributed by atoms with Crippen LogP contribution in [-0.2, 0) is 4.74 Å². The van der Waals surface area contributed by atoms with Gasteiger partial charge in [-0.3, -0.25) is 4.98 Å². The van der Waals surface area contributed by atoms with E-state index < -0.39 is 0 Å². The molecule has 4 aromatic rings. The number of anilines is 1. The van der Waals surface area contributed by atoms with Crippen molar-refractivity contribution >= 4 is 55.5 Å². The lowest BCUT2D eigenvalue weighted by Gasteiger charge is -2.01. The molecular weight excluding hydrogens is 452 g/mol. The quantitative estimate of drug-likeness (QED) is 0.283. The van der Waals surface area contributed by atoms with Crippen molar-refractivity contribution in [3.05, 3.63) is 56.1 Å². The first-order chi connectivity index (χ1) is 14.7. The lowest BCUT2D eigenvalue weighted by atomic mass is 10.2.